The van der Waals surface area contributed by atoms with Crippen LogP contribution < -0.4 is 15.6 Å². The van der Waals surface area contributed by atoms with E-state index in [1.54, 1.807) is 0 Å². The Kier molecular flexibility index (Phi) is 3.17. The van der Waals surface area contributed by atoms with Crippen LogP contribution >= 0.6 is 0 Å². The van der Waals surface area contributed by atoms with Crippen molar-refractivity contribution in [2.24, 2.45) is 0 Å². The normalized spacial score (nSPS) is 9.47. The Hall–Kier alpha value is -2.18. The zero-order valence-electron chi connectivity index (χ0n) is 8.16. The second-order valence-electron chi connectivity index (χ2n) is 2.70. The lowest BCUT2D eigenvalue weighted by molar-refractivity contribution is -0.132. The predicted molar refractivity (Wildman–Crippen MR) is 50.5 cm³/mol. The number of rotatable bonds is 2. The Bertz CT molecular complexity index is 451. The number of anilines is 1. The molecule has 1 aromatic heterocycles. The third kappa shape index (κ3) is 3.22. The van der Waals surface area contributed by atoms with Gasteiger partial charge in [-0.2, -0.15) is 0 Å². The van der Waals surface area contributed by atoms with Crippen LogP contribution in [0.5, 0.6) is 5.75 Å². The van der Waals surface area contributed by atoms with Gasteiger partial charge < -0.3 is 4.74 Å². The maximum absolute atomic E-state index is 11.2. The van der Waals surface area contributed by atoms with Gasteiger partial charge in [0.15, 0.2) is 0 Å². The highest BCUT2D eigenvalue weighted by Gasteiger charge is 2.06. The number of carbonyl (C=O) groups excluding carboxylic acids is 2. The van der Waals surface area contributed by atoms with Crippen LogP contribution in [0.1, 0.15) is 13.8 Å². The number of aromatic amines is 1. The molecule has 0 saturated heterocycles. The number of hydrogen-bond acceptors (Lipinski definition) is 5. The van der Waals surface area contributed by atoms with Gasteiger partial charge >= 0.3 is 5.97 Å². The van der Waals surface area contributed by atoms with Crippen LogP contribution in [-0.4, -0.2) is 21.8 Å². The Labute approximate surface area is 84.5 Å². The molecule has 1 amide bonds. The van der Waals surface area contributed by atoms with Gasteiger partial charge in [-0.15, -0.1) is 0 Å². The molecule has 0 spiro atoms. The minimum absolute atomic E-state index is 0.00315. The van der Waals surface area contributed by atoms with Crippen molar-refractivity contribution in [2.75, 3.05) is 5.32 Å². The van der Waals surface area contributed by atoms with Crippen molar-refractivity contribution in [2.45, 2.75) is 13.8 Å². The molecule has 0 saturated carbocycles. The number of ether oxygens (including phenoxy) is 1. The number of nitrogens with zero attached hydrogens (tertiary/aromatic N) is 1. The SMILES string of the molecule is CC(=O)Nc1ncc(OC(C)=O)c(=O)[nH]1. The van der Waals surface area contributed by atoms with Gasteiger partial charge in [-0.1, -0.05) is 0 Å². The summed E-state index contributed by atoms with van der Waals surface area (Å²) in [6.45, 7) is 2.45. The first-order valence-electron chi connectivity index (χ1n) is 4.04. The van der Waals surface area contributed by atoms with Gasteiger partial charge in [-0.25, -0.2) is 4.98 Å². The zero-order valence-corrected chi connectivity index (χ0v) is 8.16. The standard InChI is InChI=1S/C8H9N3O4/c1-4(12)10-8-9-3-6(7(14)11-8)15-5(2)13/h3H,1-2H3,(H2,9,10,11,12,14). The molecule has 0 radical (unpaired) electrons. The van der Waals surface area contributed by atoms with Gasteiger partial charge in [0.25, 0.3) is 5.56 Å². The van der Waals surface area contributed by atoms with Crippen molar-refractivity contribution in [3.63, 3.8) is 0 Å². The first-order valence-corrected chi connectivity index (χ1v) is 4.04. The minimum atomic E-state index is -0.635. The van der Waals surface area contributed by atoms with Crippen molar-refractivity contribution >= 4 is 17.8 Å². The fourth-order valence-corrected chi connectivity index (χ4v) is 0.841. The van der Waals surface area contributed by atoms with E-state index in [1.807, 2.05) is 0 Å². The quantitative estimate of drug-likeness (QED) is 0.651. The van der Waals surface area contributed by atoms with Gasteiger partial charge in [-0.3, -0.25) is 24.7 Å². The second-order valence-corrected chi connectivity index (χ2v) is 2.70. The summed E-state index contributed by atoms with van der Waals surface area (Å²) >= 11 is 0. The van der Waals surface area contributed by atoms with E-state index in [0.29, 0.717) is 0 Å². The second kappa shape index (κ2) is 4.36. The summed E-state index contributed by atoms with van der Waals surface area (Å²) in [6.07, 6.45) is 1.06. The van der Waals surface area contributed by atoms with Crippen molar-refractivity contribution in [3.8, 4) is 5.75 Å². The van der Waals surface area contributed by atoms with E-state index in [2.05, 4.69) is 20.0 Å². The Morgan fingerprint density at radius 1 is 1.47 bits per heavy atom. The van der Waals surface area contributed by atoms with Crippen molar-refractivity contribution in [1.82, 2.24) is 9.97 Å². The van der Waals surface area contributed by atoms with E-state index in [4.69, 9.17) is 0 Å². The molecule has 0 aliphatic carbocycles. The molecule has 0 atom stereocenters. The highest BCUT2D eigenvalue weighted by Crippen LogP contribution is 2.02. The molecule has 0 bridgehead atoms. The fourth-order valence-electron chi connectivity index (χ4n) is 0.841. The lowest BCUT2D eigenvalue weighted by Crippen LogP contribution is -2.18. The van der Waals surface area contributed by atoms with E-state index in [1.165, 1.54) is 13.8 Å². The number of aromatic nitrogens is 2. The fraction of sp³-hybridized carbons (Fsp3) is 0.250. The highest BCUT2D eigenvalue weighted by atomic mass is 16.5. The molecule has 0 fully saturated rings. The van der Waals surface area contributed by atoms with Crippen LogP contribution in [-0.2, 0) is 9.59 Å². The van der Waals surface area contributed by atoms with Crippen LogP contribution in [0.3, 0.4) is 0 Å². The van der Waals surface area contributed by atoms with E-state index in [9.17, 15) is 14.4 Å². The third-order valence-electron chi connectivity index (χ3n) is 1.31. The van der Waals surface area contributed by atoms with Crippen LogP contribution in [0, 0.1) is 0 Å². The van der Waals surface area contributed by atoms with Crippen LogP contribution in [0.4, 0.5) is 5.95 Å². The van der Waals surface area contributed by atoms with E-state index >= 15 is 0 Å². The molecule has 7 nitrogen and oxygen atoms in total. The third-order valence-corrected chi connectivity index (χ3v) is 1.31. The average molecular weight is 211 g/mol. The number of nitrogens with one attached hydrogen (secondary N) is 2. The molecule has 0 aromatic carbocycles. The topological polar surface area (TPSA) is 101 Å². The number of amides is 1. The van der Waals surface area contributed by atoms with E-state index in [0.717, 1.165) is 6.20 Å². The van der Waals surface area contributed by atoms with Crippen LogP contribution in [0.15, 0.2) is 11.0 Å². The monoisotopic (exact) mass is 211 g/mol. The van der Waals surface area contributed by atoms with Crippen molar-refractivity contribution in [1.29, 1.82) is 0 Å². The predicted octanol–water partition coefficient (Wildman–Crippen LogP) is -0.346. The molecule has 0 aliphatic rings. The molecular weight excluding hydrogens is 202 g/mol. The molecule has 7 heteroatoms. The molecule has 1 heterocycles. The summed E-state index contributed by atoms with van der Waals surface area (Å²) in [4.78, 5) is 38.3. The first kappa shape index (κ1) is 10.9. The van der Waals surface area contributed by atoms with Gasteiger partial charge in [0.2, 0.25) is 17.6 Å². The van der Waals surface area contributed by atoms with Gasteiger partial charge in [0.1, 0.15) is 0 Å². The molecule has 80 valence electrons. The molecule has 1 aromatic rings. The van der Waals surface area contributed by atoms with Gasteiger partial charge in [0.05, 0.1) is 6.20 Å². The Balaban J connectivity index is 2.93. The summed E-state index contributed by atoms with van der Waals surface area (Å²) in [7, 11) is 0. The Morgan fingerprint density at radius 3 is 2.60 bits per heavy atom. The summed E-state index contributed by atoms with van der Waals surface area (Å²) in [5.41, 5.74) is -0.635. The number of carbonyl (C=O) groups is 2. The van der Waals surface area contributed by atoms with E-state index < -0.39 is 11.5 Å². The van der Waals surface area contributed by atoms with E-state index in [-0.39, 0.29) is 17.6 Å². The first-order chi connectivity index (χ1) is 6.99. The number of H-pyrrole nitrogens is 1. The molecule has 2 N–H and O–H groups in total. The lowest BCUT2D eigenvalue weighted by Gasteiger charge is -2.02. The maximum Gasteiger partial charge on any atom is 0.308 e. The molecule has 15 heavy (non-hydrogen) atoms. The average Bonchev–Trinajstić information content (AvgIpc) is 2.08. The van der Waals surface area contributed by atoms with Crippen molar-refractivity contribution < 1.29 is 14.3 Å². The zero-order chi connectivity index (χ0) is 11.4. The maximum atomic E-state index is 11.2. The molecule has 1 rings (SSSR count). The molecule has 0 unspecified atom stereocenters. The number of esters is 1. The largest absolute Gasteiger partial charge is 0.419 e. The molecule has 0 aliphatic heterocycles. The minimum Gasteiger partial charge on any atom is -0.419 e. The van der Waals surface area contributed by atoms with Gasteiger partial charge in [-0.05, 0) is 0 Å². The lowest BCUT2D eigenvalue weighted by atomic mass is 10.5. The number of hydrogen-bond donors (Lipinski definition) is 2. The van der Waals surface area contributed by atoms with Gasteiger partial charge in [0, 0.05) is 13.8 Å². The summed E-state index contributed by atoms with van der Waals surface area (Å²) in [6, 6.07) is 0. The van der Waals surface area contributed by atoms with Crippen LogP contribution in [0.25, 0.3) is 0 Å². The van der Waals surface area contributed by atoms with Crippen LogP contribution in [0.2, 0.25) is 0 Å². The summed E-state index contributed by atoms with van der Waals surface area (Å²) in [5.74, 6) is -1.19. The Morgan fingerprint density at radius 2 is 2.13 bits per heavy atom. The van der Waals surface area contributed by atoms with Crippen molar-refractivity contribution in [3.05, 3.63) is 16.6 Å². The molecular formula is C8H9N3O4. The highest BCUT2D eigenvalue weighted by molar-refractivity contribution is 5.86. The smallest absolute Gasteiger partial charge is 0.308 e. The summed E-state index contributed by atoms with van der Waals surface area (Å²) < 4.78 is 4.55. The summed E-state index contributed by atoms with van der Waals surface area (Å²) in [5, 5.41) is 2.28.